The largest absolute Gasteiger partial charge is 0.395 e. The molecule has 0 aliphatic rings. The van der Waals surface area contributed by atoms with E-state index in [2.05, 4.69) is 0 Å². The lowest BCUT2D eigenvalue weighted by atomic mass is 10.0. The molecular formula is C13H18F2N2O2. The Morgan fingerprint density at radius 2 is 1.95 bits per heavy atom. The first kappa shape index (κ1) is 15.5. The van der Waals surface area contributed by atoms with Gasteiger partial charge in [-0.1, -0.05) is 30.3 Å². The van der Waals surface area contributed by atoms with Gasteiger partial charge >= 0.3 is 0 Å². The van der Waals surface area contributed by atoms with E-state index in [-0.39, 0.29) is 19.6 Å². The topological polar surface area (TPSA) is 66.6 Å². The van der Waals surface area contributed by atoms with Gasteiger partial charge in [-0.25, -0.2) is 8.78 Å². The molecule has 0 saturated heterocycles. The van der Waals surface area contributed by atoms with Crippen LogP contribution in [0, 0.1) is 0 Å². The van der Waals surface area contributed by atoms with E-state index in [9.17, 15) is 13.6 Å². The maximum absolute atomic E-state index is 12.3. The van der Waals surface area contributed by atoms with Crippen molar-refractivity contribution in [2.24, 2.45) is 5.73 Å². The standard InChI is InChI=1S/C13H18F2N2O2/c14-12(15)9-17(6-7-18)13(19)8-11(16)10-4-2-1-3-5-10/h1-5,11-12,18H,6-9,16H2. The van der Waals surface area contributed by atoms with Crippen LogP contribution in [0.2, 0.25) is 0 Å². The van der Waals surface area contributed by atoms with Crippen molar-refractivity contribution < 1.29 is 18.7 Å². The molecule has 0 bridgehead atoms. The lowest BCUT2D eigenvalue weighted by molar-refractivity contribution is -0.134. The van der Waals surface area contributed by atoms with Gasteiger partial charge in [0.25, 0.3) is 6.43 Å². The fourth-order valence-electron chi connectivity index (χ4n) is 1.74. The molecule has 6 heteroatoms. The predicted octanol–water partition coefficient (Wildman–Crippen LogP) is 1.16. The quantitative estimate of drug-likeness (QED) is 0.783. The Balaban J connectivity index is 2.60. The molecule has 19 heavy (non-hydrogen) atoms. The van der Waals surface area contributed by atoms with E-state index in [0.29, 0.717) is 0 Å². The molecule has 0 heterocycles. The highest BCUT2D eigenvalue weighted by Crippen LogP contribution is 2.15. The van der Waals surface area contributed by atoms with Crippen molar-refractivity contribution in [1.29, 1.82) is 0 Å². The number of carbonyl (C=O) groups is 1. The predicted molar refractivity (Wildman–Crippen MR) is 67.7 cm³/mol. The molecule has 1 atom stereocenters. The number of carbonyl (C=O) groups excluding carboxylic acids is 1. The summed E-state index contributed by atoms with van der Waals surface area (Å²) < 4.78 is 24.6. The summed E-state index contributed by atoms with van der Waals surface area (Å²) >= 11 is 0. The van der Waals surface area contributed by atoms with E-state index >= 15 is 0 Å². The van der Waals surface area contributed by atoms with Crippen molar-refractivity contribution in [2.75, 3.05) is 19.7 Å². The average molecular weight is 272 g/mol. The SMILES string of the molecule is NC(CC(=O)N(CCO)CC(F)F)c1ccccc1. The van der Waals surface area contributed by atoms with Crippen LogP contribution in [0.3, 0.4) is 0 Å². The van der Waals surface area contributed by atoms with Gasteiger partial charge < -0.3 is 15.7 Å². The van der Waals surface area contributed by atoms with Gasteiger partial charge in [-0.2, -0.15) is 0 Å². The first-order valence-electron chi connectivity index (χ1n) is 6.02. The third-order valence-electron chi connectivity index (χ3n) is 2.70. The van der Waals surface area contributed by atoms with E-state index in [4.69, 9.17) is 10.8 Å². The molecule has 1 rings (SSSR count). The second kappa shape index (κ2) is 7.81. The zero-order chi connectivity index (χ0) is 14.3. The van der Waals surface area contributed by atoms with Crippen molar-refractivity contribution in [1.82, 2.24) is 4.90 Å². The van der Waals surface area contributed by atoms with Gasteiger partial charge in [0, 0.05) is 19.0 Å². The van der Waals surface area contributed by atoms with Gasteiger partial charge in [0.1, 0.15) is 0 Å². The number of nitrogens with two attached hydrogens (primary N) is 1. The number of hydrogen-bond acceptors (Lipinski definition) is 3. The zero-order valence-electron chi connectivity index (χ0n) is 10.5. The summed E-state index contributed by atoms with van der Waals surface area (Å²) in [5, 5.41) is 8.78. The Bertz CT molecular complexity index is 387. The summed E-state index contributed by atoms with van der Waals surface area (Å²) in [4.78, 5) is 12.8. The minimum Gasteiger partial charge on any atom is -0.395 e. The third kappa shape index (κ3) is 5.32. The second-order valence-corrected chi connectivity index (χ2v) is 4.18. The molecule has 0 aliphatic carbocycles. The van der Waals surface area contributed by atoms with Crippen molar-refractivity contribution in [3.05, 3.63) is 35.9 Å². The Morgan fingerprint density at radius 3 is 2.47 bits per heavy atom. The second-order valence-electron chi connectivity index (χ2n) is 4.18. The van der Waals surface area contributed by atoms with E-state index in [1.54, 1.807) is 24.3 Å². The van der Waals surface area contributed by atoms with Gasteiger partial charge in [-0.3, -0.25) is 4.79 Å². The van der Waals surface area contributed by atoms with Crippen LogP contribution in [-0.2, 0) is 4.79 Å². The first-order chi connectivity index (χ1) is 9.04. The fourth-order valence-corrected chi connectivity index (χ4v) is 1.74. The molecule has 3 N–H and O–H groups in total. The van der Waals surface area contributed by atoms with Crippen molar-refractivity contribution in [3.8, 4) is 0 Å². The highest BCUT2D eigenvalue weighted by atomic mass is 19.3. The van der Waals surface area contributed by atoms with Crippen molar-refractivity contribution >= 4 is 5.91 Å². The number of hydrogen-bond donors (Lipinski definition) is 2. The molecule has 106 valence electrons. The summed E-state index contributed by atoms with van der Waals surface area (Å²) in [5.74, 6) is -0.481. The van der Waals surface area contributed by atoms with E-state index in [1.165, 1.54) is 0 Å². The van der Waals surface area contributed by atoms with Crippen LogP contribution in [0.15, 0.2) is 30.3 Å². The number of halogens is 2. The van der Waals surface area contributed by atoms with Gasteiger partial charge in [-0.05, 0) is 5.56 Å². The van der Waals surface area contributed by atoms with Crippen LogP contribution in [0.1, 0.15) is 18.0 Å². The van der Waals surface area contributed by atoms with Crippen molar-refractivity contribution in [3.63, 3.8) is 0 Å². The van der Waals surface area contributed by atoms with Gasteiger partial charge in [0.2, 0.25) is 5.91 Å². The number of amides is 1. The molecule has 0 saturated carbocycles. The van der Waals surface area contributed by atoms with Crippen LogP contribution in [0.4, 0.5) is 8.78 Å². The summed E-state index contributed by atoms with van der Waals surface area (Å²) in [6.45, 7) is -1.13. The molecule has 0 aliphatic heterocycles. The highest BCUT2D eigenvalue weighted by molar-refractivity contribution is 5.77. The zero-order valence-corrected chi connectivity index (χ0v) is 10.5. The molecule has 1 unspecified atom stereocenters. The van der Waals surface area contributed by atoms with Crippen LogP contribution in [0.5, 0.6) is 0 Å². The molecule has 0 aromatic heterocycles. The Labute approximate surface area is 110 Å². The number of nitrogens with zero attached hydrogens (tertiary/aromatic N) is 1. The summed E-state index contributed by atoms with van der Waals surface area (Å²) in [6, 6.07) is 8.44. The molecule has 0 fully saturated rings. The molecule has 0 spiro atoms. The number of benzene rings is 1. The first-order valence-corrected chi connectivity index (χ1v) is 6.02. The van der Waals surface area contributed by atoms with Gasteiger partial charge in [0.15, 0.2) is 0 Å². The minimum atomic E-state index is -2.62. The van der Waals surface area contributed by atoms with E-state index in [0.717, 1.165) is 10.5 Å². The molecule has 4 nitrogen and oxygen atoms in total. The Hall–Kier alpha value is -1.53. The van der Waals surface area contributed by atoms with E-state index in [1.807, 2.05) is 6.07 Å². The summed E-state index contributed by atoms with van der Waals surface area (Å²) in [5.41, 5.74) is 6.64. The van der Waals surface area contributed by atoms with Gasteiger partial charge in [-0.15, -0.1) is 0 Å². The van der Waals surface area contributed by atoms with Gasteiger partial charge in [0.05, 0.1) is 13.2 Å². The minimum absolute atomic E-state index is 0.0588. The Kier molecular flexibility index (Phi) is 6.38. The summed E-state index contributed by atoms with van der Waals surface area (Å²) in [7, 11) is 0. The lowest BCUT2D eigenvalue weighted by Gasteiger charge is -2.23. The van der Waals surface area contributed by atoms with E-state index < -0.39 is 24.9 Å². The fraction of sp³-hybridized carbons (Fsp3) is 0.462. The normalized spacial score (nSPS) is 12.5. The van der Waals surface area contributed by atoms with Crippen LogP contribution in [-0.4, -0.2) is 42.0 Å². The maximum Gasteiger partial charge on any atom is 0.255 e. The number of aliphatic hydroxyl groups is 1. The van der Waals surface area contributed by atoms with Crippen LogP contribution >= 0.6 is 0 Å². The monoisotopic (exact) mass is 272 g/mol. The van der Waals surface area contributed by atoms with Crippen LogP contribution < -0.4 is 5.73 Å². The summed E-state index contributed by atoms with van der Waals surface area (Å²) in [6.07, 6.45) is -2.68. The number of aliphatic hydroxyl groups excluding tert-OH is 1. The highest BCUT2D eigenvalue weighted by Gasteiger charge is 2.20. The molecule has 0 radical (unpaired) electrons. The molecule has 1 amide bonds. The lowest BCUT2D eigenvalue weighted by Crippen LogP contribution is -2.38. The average Bonchev–Trinajstić information content (AvgIpc) is 2.38. The Morgan fingerprint density at radius 1 is 1.32 bits per heavy atom. The maximum atomic E-state index is 12.3. The third-order valence-corrected chi connectivity index (χ3v) is 2.70. The van der Waals surface area contributed by atoms with Crippen molar-refractivity contribution in [2.45, 2.75) is 18.9 Å². The van der Waals surface area contributed by atoms with Crippen LogP contribution in [0.25, 0.3) is 0 Å². The number of alkyl halides is 2. The number of rotatable bonds is 7. The molecule has 1 aromatic rings. The molecular weight excluding hydrogens is 254 g/mol. The smallest absolute Gasteiger partial charge is 0.255 e. The molecule has 1 aromatic carbocycles.